The van der Waals surface area contributed by atoms with Crippen LogP contribution in [0.2, 0.25) is 0 Å². The van der Waals surface area contributed by atoms with Crippen LogP contribution in [0.3, 0.4) is 0 Å². The van der Waals surface area contributed by atoms with Crippen molar-refractivity contribution in [2.75, 3.05) is 26.4 Å². The van der Waals surface area contributed by atoms with E-state index >= 15 is 0 Å². The highest BCUT2D eigenvalue weighted by atomic mass is 16.5. The van der Waals surface area contributed by atoms with E-state index in [9.17, 15) is 9.59 Å². The van der Waals surface area contributed by atoms with E-state index < -0.39 is 0 Å². The van der Waals surface area contributed by atoms with Crippen LogP contribution in [0.1, 0.15) is 119 Å². The summed E-state index contributed by atoms with van der Waals surface area (Å²) in [4.78, 5) is 25.6. The first-order valence-corrected chi connectivity index (χ1v) is 17.5. The molecule has 0 aliphatic heterocycles. The lowest BCUT2D eigenvalue weighted by Crippen LogP contribution is -2.08. The summed E-state index contributed by atoms with van der Waals surface area (Å²) in [5, 5.41) is 0. The number of benzene rings is 4. The molecule has 48 heavy (non-hydrogen) atoms. The molecule has 8 bridgehead atoms. The molecule has 1 aliphatic carbocycles. The van der Waals surface area contributed by atoms with Crippen molar-refractivity contribution in [3.63, 3.8) is 0 Å². The van der Waals surface area contributed by atoms with Gasteiger partial charge in [-0.3, -0.25) is 9.59 Å². The maximum absolute atomic E-state index is 12.8. The van der Waals surface area contributed by atoms with Gasteiger partial charge in [0.05, 0.1) is 26.4 Å². The standard InChI is InChI=1S/C42H48O6/c1-5-9-45-37-19-29-13-30(20-37)16-34-24-40(48-12-8-4)26-36(42(34)28-44)18-32-14-31(21-38(22-32)46-10-6-2)17-35-25-39(47-11-7-3)23-33(15-29)41(35)27-43/h13-14,19-28H,5-12,15-18H2,1-4H3. The summed E-state index contributed by atoms with van der Waals surface area (Å²) in [6.07, 6.45) is 7.59. The predicted molar refractivity (Wildman–Crippen MR) is 191 cm³/mol. The van der Waals surface area contributed by atoms with Gasteiger partial charge in [0.2, 0.25) is 0 Å². The third-order valence-electron chi connectivity index (χ3n) is 8.41. The van der Waals surface area contributed by atoms with Crippen LogP contribution in [-0.2, 0) is 25.7 Å². The maximum atomic E-state index is 12.8. The molecule has 0 heterocycles. The van der Waals surface area contributed by atoms with Crippen LogP contribution in [-0.4, -0.2) is 39.0 Å². The minimum atomic E-state index is 0.525. The Morgan fingerprint density at radius 1 is 0.417 bits per heavy atom. The molecular formula is C42H48O6. The van der Waals surface area contributed by atoms with Crippen molar-refractivity contribution in [1.29, 1.82) is 0 Å². The van der Waals surface area contributed by atoms with Gasteiger partial charge >= 0.3 is 0 Å². The fourth-order valence-electron chi connectivity index (χ4n) is 6.34. The Bertz CT molecular complexity index is 1500. The van der Waals surface area contributed by atoms with Gasteiger partial charge in [0.25, 0.3) is 0 Å². The molecule has 6 nitrogen and oxygen atoms in total. The van der Waals surface area contributed by atoms with E-state index in [1.807, 2.05) is 24.3 Å². The average molecular weight is 649 g/mol. The molecule has 0 N–H and O–H groups in total. The zero-order chi connectivity index (χ0) is 33.9. The lowest BCUT2D eigenvalue weighted by molar-refractivity contribution is 0.111. The Labute approximate surface area is 285 Å². The van der Waals surface area contributed by atoms with E-state index in [4.69, 9.17) is 18.9 Å². The number of carbonyl (C=O) groups excluding carboxylic acids is 2. The molecule has 0 atom stereocenters. The molecule has 5 rings (SSSR count). The second-order valence-corrected chi connectivity index (χ2v) is 12.6. The van der Waals surface area contributed by atoms with Crippen molar-refractivity contribution in [3.05, 3.63) is 116 Å². The van der Waals surface area contributed by atoms with Gasteiger partial charge in [-0.2, -0.15) is 0 Å². The molecule has 0 saturated carbocycles. The lowest BCUT2D eigenvalue weighted by Gasteiger charge is -2.19. The molecule has 0 amide bonds. The van der Waals surface area contributed by atoms with Gasteiger partial charge in [0.1, 0.15) is 23.0 Å². The zero-order valence-electron chi connectivity index (χ0n) is 28.9. The normalized spacial score (nSPS) is 12.2. The minimum absolute atomic E-state index is 0.525. The summed E-state index contributed by atoms with van der Waals surface area (Å²) in [5.74, 6) is 3.07. The topological polar surface area (TPSA) is 71.1 Å². The van der Waals surface area contributed by atoms with Crippen molar-refractivity contribution in [3.8, 4) is 23.0 Å². The van der Waals surface area contributed by atoms with E-state index in [1.54, 1.807) is 0 Å². The first-order chi connectivity index (χ1) is 23.5. The lowest BCUT2D eigenvalue weighted by atomic mass is 9.88. The van der Waals surface area contributed by atoms with Crippen molar-refractivity contribution in [1.82, 2.24) is 0 Å². The van der Waals surface area contributed by atoms with Gasteiger partial charge in [-0.25, -0.2) is 0 Å². The van der Waals surface area contributed by atoms with Crippen LogP contribution in [0.25, 0.3) is 0 Å². The Hall–Kier alpha value is -4.58. The molecule has 1 aliphatic rings. The molecule has 0 saturated heterocycles. The second-order valence-electron chi connectivity index (χ2n) is 12.6. The molecule has 252 valence electrons. The zero-order valence-corrected chi connectivity index (χ0v) is 28.9. The predicted octanol–water partition coefficient (Wildman–Crippen LogP) is 9.14. The number of aldehydes is 2. The van der Waals surface area contributed by atoms with Crippen LogP contribution in [0.15, 0.2) is 60.7 Å². The van der Waals surface area contributed by atoms with Crippen LogP contribution in [0, 0.1) is 0 Å². The fourth-order valence-corrected chi connectivity index (χ4v) is 6.34. The van der Waals surface area contributed by atoms with E-state index in [0.717, 1.165) is 106 Å². The molecule has 6 heteroatoms. The van der Waals surface area contributed by atoms with Crippen LogP contribution < -0.4 is 18.9 Å². The molecule has 4 aromatic rings. The molecule has 4 aromatic carbocycles. The number of hydrogen-bond acceptors (Lipinski definition) is 6. The number of fused-ring (bicyclic) bond motifs is 8. The van der Waals surface area contributed by atoms with E-state index in [0.29, 0.717) is 63.2 Å². The second kappa shape index (κ2) is 17.0. The van der Waals surface area contributed by atoms with E-state index in [-0.39, 0.29) is 0 Å². The summed E-state index contributed by atoms with van der Waals surface area (Å²) in [6, 6.07) is 20.6. The Morgan fingerprint density at radius 2 is 0.667 bits per heavy atom. The number of carbonyl (C=O) groups is 2. The van der Waals surface area contributed by atoms with Crippen molar-refractivity contribution in [2.24, 2.45) is 0 Å². The first-order valence-electron chi connectivity index (χ1n) is 17.5. The Kier molecular flexibility index (Phi) is 12.3. The molecule has 0 unspecified atom stereocenters. The van der Waals surface area contributed by atoms with E-state index in [2.05, 4.69) is 64.1 Å². The van der Waals surface area contributed by atoms with Gasteiger partial charge in [-0.15, -0.1) is 0 Å². The minimum Gasteiger partial charge on any atom is -0.494 e. The maximum Gasteiger partial charge on any atom is 0.150 e. The third-order valence-corrected chi connectivity index (χ3v) is 8.41. The van der Waals surface area contributed by atoms with Crippen molar-refractivity contribution >= 4 is 12.6 Å². The smallest absolute Gasteiger partial charge is 0.150 e. The summed E-state index contributed by atoms with van der Waals surface area (Å²) in [7, 11) is 0. The third kappa shape index (κ3) is 8.85. The first kappa shape index (κ1) is 34.7. The van der Waals surface area contributed by atoms with Gasteiger partial charge in [0, 0.05) is 11.1 Å². The molecule has 0 radical (unpaired) electrons. The van der Waals surface area contributed by atoms with E-state index in [1.165, 1.54) is 0 Å². The van der Waals surface area contributed by atoms with Gasteiger partial charge < -0.3 is 18.9 Å². The monoisotopic (exact) mass is 648 g/mol. The molecule has 0 fully saturated rings. The highest BCUT2D eigenvalue weighted by molar-refractivity contribution is 5.82. The average Bonchev–Trinajstić information content (AvgIpc) is 3.07. The van der Waals surface area contributed by atoms with Crippen LogP contribution >= 0.6 is 0 Å². The molecule has 0 spiro atoms. The van der Waals surface area contributed by atoms with Crippen molar-refractivity contribution < 1.29 is 28.5 Å². The van der Waals surface area contributed by atoms with Gasteiger partial charge in [-0.1, -0.05) is 39.8 Å². The quantitative estimate of drug-likeness (QED) is 0.112. The van der Waals surface area contributed by atoms with Crippen molar-refractivity contribution in [2.45, 2.75) is 79.1 Å². The highest BCUT2D eigenvalue weighted by Crippen LogP contribution is 2.33. The fraction of sp³-hybridized carbons (Fsp3) is 0.381. The molecule has 0 aromatic heterocycles. The summed E-state index contributed by atoms with van der Waals surface area (Å²) >= 11 is 0. The molecular weight excluding hydrogens is 600 g/mol. The largest absolute Gasteiger partial charge is 0.494 e. The van der Waals surface area contributed by atoms with Gasteiger partial charge in [-0.05, 0) is 144 Å². The Balaban J connectivity index is 1.75. The Morgan fingerprint density at radius 3 is 0.896 bits per heavy atom. The summed E-state index contributed by atoms with van der Waals surface area (Å²) in [5.41, 5.74) is 9.08. The summed E-state index contributed by atoms with van der Waals surface area (Å²) < 4.78 is 24.7. The van der Waals surface area contributed by atoms with Gasteiger partial charge in [0.15, 0.2) is 12.6 Å². The highest BCUT2D eigenvalue weighted by Gasteiger charge is 2.18. The van der Waals surface area contributed by atoms with Crippen LogP contribution in [0.4, 0.5) is 0 Å². The number of rotatable bonds is 14. The SMILES string of the molecule is CCCOc1cc2cc(c1)Cc1cc(OCCC)cc(c1C=O)Cc1cc(cc(OCCC)c1)Cc1cc(OCCC)cc(c1C=O)C2. The number of ether oxygens (including phenoxy) is 4. The van der Waals surface area contributed by atoms with Crippen LogP contribution in [0.5, 0.6) is 23.0 Å². The number of hydrogen-bond donors (Lipinski definition) is 0. The summed E-state index contributed by atoms with van der Waals surface area (Å²) in [6.45, 7) is 10.7.